The molecule has 0 aliphatic carbocycles. The van der Waals surface area contributed by atoms with Crippen LogP contribution in [0.2, 0.25) is 0 Å². The van der Waals surface area contributed by atoms with Gasteiger partial charge in [-0.05, 0) is 29.6 Å². The van der Waals surface area contributed by atoms with Crippen LogP contribution < -0.4 is 5.32 Å². The molecule has 4 rings (SSSR count). The molecular weight excluding hydrogens is 354 g/mol. The fourth-order valence-electron chi connectivity index (χ4n) is 2.56. The summed E-state index contributed by atoms with van der Waals surface area (Å²) in [5.74, 6) is -1.90. The van der Waals surface area contributed by atoms with Crippen LogP contribution in [0.5, 0.6) is 0 Å². The maximum atomic E-state index is 11.9. The SMILES string of the molecule is CC1(C)OC(=O)C(=CNc2ccc3nc(-c4cccs4)[nH]c3c2)C(=O)O1. The van der Waals surface area contributed by atoms with Crippen LogP contribution in [0.15, 0.2) is 47.5 Å². The quantitative estimate of drug-likeness (QED) is 0.417. The third-order valence-electron chi connectivity index (χ3n) is 3.74. The number of ether oxygens (including phenoxy) is 2. The minimum atomic E-state index is -1.25. The number of aromatic nitrogens is 2. The monoisotopic (exact) mass is 369 g/mol. The number of benzene rings is 1. The van der Waals surface area contributed by atoms with Crippen molar-refractivity contribution < 1.29 is 19.1 Å². The van der Waals surface area contributed by atoms with E-state index in [2.05, 4.69) is 15.3 Å². The Kier molecular flexibility index (Phi) is 3.77. The standard InChI is InChI=1S/C18H15N3O4S/c1-18(2)24-16(22)11(17(23)25-18)9-19-10-5-6-12-13(8-10)21-15(20-12)14-4-3-7-26-14/h3-9,19H,1-2H3,(H,20,21). The van der Waals surface area contributed by atoms with Gasteiger partial charge in [0.05, 0.1) is 15.9 Å². The van der Waals surface area contributed by atoms with Crippen molar-refractivity contribution in [2.75, 3.05) is 5.32 Å². The fraction of sp³-hybridized carbons (Fsp3) is 0.167. The van der Waals surface area contributed by atoms with Gasteiger partial charge in [-0.3, -0.25) is 0 Å². The largest absolute Gasteiger partial charge is 0.419 e. The highest BCUT2D eigenvalue weighted by Gasteiger charge is 2.38. The number of thiophene rings is 1. The summed E-state index contributed by atoms with van der Waals surface area (Å²) in [5, 5.41) is 4.92. The van der Waals surface area contributed by atoms with Gasteiger partial charge in [-0.2, -0.15) is 0 Å². The van der Waals surface area contributed by atoms with Crippen molar-refractivity contribution in [1.29, 1.82) is 0 Å². The molecular formula is C18H15N3O4S. The smallest absolute Gasteiger partial charge is 0.350 e. The summed E-state index contributed by atoms with van der Waals surface area (Å²) in [5.41, 5.74) is 2.17. The molecule has 3 heterocycles. The molecule has 1 fully saturated rings. The van der Waals surface area contributed by atoms with Gasteiger partial charge >= 0.3 is 11.9 Å². The number of H-pyrrole nitrogens is 1. The number of imidazole rings is 1. The molecule has 2 aromatic heterocycles. The number of hydrogen-bond donors (Lipinski definition) is 2. The fourth-order valence-corrected chi connectivity index (χ4v) is 3.23. The molecule has 0 bridgehead atoms. The first kappa shape index (κ1) is 16.3. The Morgan fingerprint density at radius 1 is 1.19 bits per heavy atom. The highest BCUT2D eigenvalue weighted by atomic mass is 32.1. The van der Waals surface area contributed by atoms with Gasteiger partial charge in [0.15, 0.2) is 5.57 Å². The van der Waals surface area contributed by atoms with Gasteiger partial charge < -0.3 is 19.8 Å². The Labute approximate surface area is 152 Å². The van der Waals surface area contributed by atoms with E-state index in [-0.39, 0.29) is 5.57 Å². The number of aromatic amines is 1. The van der Waals surface area contributed by atoms with E-state index in [0.717, 1.165) is 21.7 Å². The maximum absolute atomic E-state index is 11.9. The summed E-state index contributed by atoms with van der Waals surface area (Å²) >= 11 is 1.60. The van der Waals surface area contributed by atoms with E-state index in [1.54, 1.807) is 11.3 Å². The lowest BCUT2D eigenvalue weighted by Gasteiger charge is -2.29. The molecule has 0 atom stereocenters. The van der Waals surface area contributed by atoms with Gasteiger partial charge in [0.1, 0.15) is 5.82 Å². The molecule has 3 aromatic rings. The Balaban J connectivity index is 1.58. The highest BCUT2D eigenvalue weighted by molar-refractivity contribution is 7.13. The second-order valence-corrected chi connectivity index (χ2v) is 7.12. The maximum Gasteiger partial charge on any atom is 0.350 e. The molecule has 2 N–H and O–H groups in total. The van der Waals surface area contributed by atoms with Crippen molar-refractivity contribution in [2.45, 2.75) is 19.6 Å². The lowest BCUT2D eigenvalue weighted by Crippen LogP contribution is -2.42. The van der Waals surface area contributed by atoms with E-state index >= 15 is 0 Å². The van der Waals surface area contributed by atoms with Gasteiger partial charge in [0.25, 0.3) is 5.79 Å². The molecule has 0 unspecified atom stereocenters. The zero-order chi connectivity index (χ0) is 18.3. The van der Waals surface area contributed by atoms with E-state index in [0.29, 0.717) is 5.69 Å². The molecule has 0 amide bonds. The van der Waals surface area contributed by atoms with E-state index < -0.39 is 17.7 Å². The van der Waals surface area contributed by atoms with Crippen LogP contribution in [0.3, 0.4) is 0 Å². The van der Waals surface area contributed by atoms with Gasteiger partial charge in [-0.15, -0.1) is 11.3 Å². The summed E-state index contributed by atoms with van der Waals surface area (Å²) in [6.07, 6.45) is 1.29. The number of rotatable bonds is 3. The first-order chi connectivity index (χ1) is 12.4. The minimum absolute atomic E-state index is 0.187. The molecule has 0 spiro atoms. The Morgan fingerprint density at radius 2 is 1.96 bits per heavy atom. The Bertz CT molecular complexity index is 1010. The summed E-state index contributed by atoms with van der Waals surface area (Å²) in [6, 6.07) is 9.47. The van der Waals surface area contributed by atoms with Crippen LogP contribution in [0, 0.1) is 0 Å². The van der Waals surface area contributed by atoms with E-state index in [4.69, 9.17) is 9.47 Å². The lowest BCUT2D eigenvalue weighted by molar-refractivity contribution is -0.222. The molecule has 1 aliphatic heterocycles. The highest BCUT2D eigenvalue weighted by Crippen LogP contribution is 2.26. The number of nitrogens with zero attached hydrogens (tertiary/aromatic N) is 1. The number of carbonyl (C=O) groups is 2. The Morgan fingerprint density at radius 3 is 2.65 bits per heavy atom. The summed E-state index contributed by atoms with van der Waals surface area (Å²) in [6.45, 7) is 3.01. The zero-order valence-corrected chi connectivity index (χ0v) is 14.8. The molecule has 26 heavy (non-hydrogen) atoms. The Hall–Kier alpha value is -3.13. The van der Waals surface area contributed by atoms with E-state index in [1.807, 2.05) is 35.7 Å². The van der Waals surface area contributed by atoms with Gasteiger partial charge in [-0.25, -0.2) is 14.6 Å². The van der Waals surface area contributed by atoms with Crippen LogP contribution in [-0.2, 0) is 19.1 Å². The number of anilines is 1. The first-order valence-electron chi connectivity index (χ1n) is 7.88. The van der Waals surface area contributed by atoms with Crippen molar-refractivity contribution in [2.24, 2.45) is 0 Å². The average molecular weight is 369 g/mol. The van der Waals surface area contributed by atoms with Crippen molar-refractivity contribution >= 4 is 40.0 Å². The second kappa shape index (κ2) is 5.99. The van der Waals surface area contributed by atoms with Gasteiger partial charge in [0, 0.05) is 25.7 Å². The molecule has 7 nitrogen and oxygen atoms in total. The second-order valence-electron chi connectivity index (χ2n) is 6.18. The van der Waals surface area contributed by atoms with Crippen LogP contribution >= 0.6 is 11.3 Å². The molecule has 8 heteroatoms. The number of cyclic esters (lactones) is 2. The van der Waals surface area contributed by atoms with Crippen LogP contribution in [0.25, 0.3) is 21.7 Å². The normalized spacial score (nSPS) is 16.3. The average Bonchev–Trinajstić information content (AvgIpc) is 3.21. The molecule has 1 saturated heterocycles. The first-order valence-corrected chi connectivity index (χ1v) is 8.76. The molecule has 1 aliphatic rings. The van der Waals surface area contributed by atoms with Gasteiger partial charge in [0.2, 0.25) is 0 Å². The van der Waals surface area contributed by atoms with Crippen LogP contribution in [0.4, 0.5) is 5.69 Å². The van der Waals surface area contributed by atoms with E-state index in [1.165, 1.54) is 20.0 Å². The number of hydrogen-bond acceptors (Lipinski definition) is 7. The minimum Gasteiger partial charge on any atom is -0.419 e. The van der Waals surface area contributed by atoms with E-state index in [9.17, 15) is 9.59 Å². The molecule has 0 saturated carbocycles. The molecule has 1 aromatic carbocycles. The van der Waals surface area contributed by atoms with Crippen LogP contribution in [0.1, 0.15) is 13.8 Å². The molecule has 132 valence electrons. The summed E-state index contributed by atoms with van der Waals surface area (Å²) in [7, 11) is 0. The van der Waals surface area contributed by atoms with Crippen molar-refractivity contribution in [3.63, 3.8) is 0 Å². The molecule has 0 radical (unpaired) electrons. The van der Waals surface area contributed by atoms with Crippen molar-refractivity contribution in [1.82, 2.24) is 9.97 Å². The summed E-state index contributed by atoms with van der Waals surface area (Å²) < 4.78 is 10.1. The lowest BCUT2D eigenvalue weighted by atomic mass is 10.2. The predicted octanol–water partition coefficient (Wildman–Crippen LogP) is 3.42. The number of fused-ring (bicyclic) bond motifs is 1. The van der Waals surface area contributed by atoms with Crippen molar-refractivity contribution in [3.05, 3.63) is 47.5 Å². The third-order valence-corrected chi connectivity index (χ3v) is 4.61. The third kappa shape index (κ3) is 3.06. The number of nitrogens with one attached hydrogen (secondary N) is 2. The summed E-state index contributed by atoms with van der Waals surface area (Å²) in [4.78, 5) is 32.7. The predicted molar refractivity (Wildman–Crippen MR) is 97.4 cm³/mol. The van der Waals surface area contributed by atoms with Gasteiger partial charge in [-0.1, -0.05) is 6.07 Å². The zero-order valence-electron chi connectivity index (χ0n) is 14.0. The van der Waals surface area contributed by atoms with Crippen molar-refractivity contribution in [3.8, 4) is 10.7 Å². The van der Waals surface area contributed by atoms with Crippen LogP contribution in [-0.4, -0.2) is 27.7 Å². The topological polar surface area (TPSA) is 93.3 Å². The number of carbonyl (C=O) groups excluding carboxylic acids is 2. The number of esters is 2.